The molecule has 182 valence electrons. The molecule has 8 heteroatoms. The van der Waals surface area contributed by atoms with E-state index in [1.54, 1.807) is 12.1 Å². The molecule has 0 bridgehead atoms. The molecule has 2 N–H and O–H groups in total. The number of carbonyl (C=O) groups excluding carboxylic acids is 1. The molecule has 0 spiro atoms. The Labute approximate surface area is 205 Å². The Hall–Kier alpha value is -3.54. The highest BCUT2D eigenvalue weighted by molar-refractivity contribution is 5.67. The standard InChI is InChI=1S/C27H31N5O3/c1-17(2)34-24-10-8-19(15-20(24)16-29)27-30-26(31-35-27)23-6-4-5-22-21(23)9-7-18(11-14-33)25(22)32(3)13-12-28/h4-6,8,10,14-15,17-18,25H,7,9,11-13,28H2,1-3H3/t18-,25+/m0/s1. The van der Waals surface area contributed by atoms with Crippen LogP contribution in [0.5, 0.6) is 5.75 Å². The summed E-state index contributed by atoms with van der Waals surface area (Å²) in [7, 11) is 2.06. The van der Waals surface area contributed by atoms with Crippen molar-refractivity contribution in [3.63, 3.8) is 0 Å². The van der Waals surface area contributed by atoms with E-state index in [4.69, 9.17) is 15.0 Å². The SMILES string of the molecule is CC(C)Oc1ccc(-c2nc(-c3cccc4c3CC[C@@H](CC=O)[C@H]4N(C)CCN)no2)cc1C#N. The van der Waals surface area contributed by atoms with E-state index in [0.29, 0.717) is 41.6 Å². The summed E-state index contributed by atoms with van der Waals surface area (Å²) in [4.78, 5) is 18.3. The molecule has 0 saturated heterocycles. The molecule has 0 unspecified atom stereocenters. The number of hydrogen-bond acceptors (Lipinski definition) is 8. The van der Waals surface area contributed by atoms with E-state index in [1.165, 1.54) is 11.1 Å². The van der Waals surface area contributed by atoms with Gasteiger partial charge in [0, 0.05) is 36.7 Å². The highest BCUT2D eigenvalue weighted by Gasteiger charge is 2.33. The fraction of sp³-hybridized carbons (Fsp3) is 0.407. The Kier molecular flexibility index (Phi) is 7.59. The maximum atomic E-state index is 11.4. The number of aromatic nitrogens is 2. The van der Waals surface area contributed by atoms with Gasteiger partial charge in [-0.15, -0.1) is 0 Å². The monoisotopic (exact) mass is 473 g/mol. The summed E-state index contributed by atoms with van der Waals surface area (Å²) in [5.41, 5.74) is 10.2. The summed E-state index contributed by atoms with van der Waals surface area (Å²) in [6, 6.07) is 13.7. The third-order valence-corrected chi connectivity index (χ3v) is 6.47. The first-order valence-electron chi connectivity index (χ1n) is 12.0. The first-order valence-corrected chi connectivity index (χ1v) is 12.0. The van der Waals surface area contributed by atoms with Crippen molar-refractivity contribution in [1.82, 2.24) is 15.0 Å². The Morgan fingerprint density at radius 1 is 1.34 bits per heavy atom. The summed E-state index contributed by atoms with van der Waals surface area (Å²) < 4.78 is 11.3. The third kappa shape index (κ3) is 5.11. The fourth-order valence-corrected chi connectivity index (χ4v) is 4.98. The minimum atomic E-state index is -0.0360. The van der Waals surface area contributed by atoms with E-state index in [2.05, 4.69) is 34.2 Å². The molecule has 0 amide bonds. The highest BCUT2D eigenvalue weighted by Crippen LogP contribution is 2.42. The van der Waals surface area contributed by atoms with Gasteiger partial charge in [0.05, 0.1) is 11.7 Å². The molecule has 1 aliphatic carbocycles. The van der Waals surface area contributed by atoms with E-state index < -0.39 is 0 Å². The topological polar surface area (TPSA) is 118 Å². The number of ether oxygens (including phenoxy) is 1. The summed E-state index contributed by atoms with van der Waals surface area (Å²) >= 11 is 0. The molecule has 2 atom stereocenters. The lowest BCUT2D eigenvalue weighted by Crippen LogP contribution is -2.37. The van der Waals surface area contributed by atoms with Crippen molar-refractivity contribution in [1.29, 1.82) is 5.26 Å². The maximum absolute atomic E-state index is 11.4. The molecular formula is C27H31N5O3. The van der Waals surface area contributed by atoms with Crippen molar-refractivity contribution >= 4 is 6.29 Å². The summed E-state index contributed by atoms with van der Waals surface area (Å²) in [5, 5.41) is 13.8. The van der Waals surface area contributed by atoms with Gasteiger partial charge in [0.1, 0.15) is 18.1 Å². The first-order chi connectivity index (χ1) is 17.0. The van der Waals surface area contributed by atoms with Crippen LogP contribution in [0.4, 0.5) is 0 Å². The third-order valence-electron chi connectivity index (χ3n) is 6.47. The largest absolute Gasteiger partial charge is 0.490 e. The number of rotatable bonds is 9. The van der Waals surface area contributed by atoms with Crippen molar-refractivity contribution in [2.45, 2.75) is 45.3 Å². The number of hydrogen-bond donors (Lipinski definition) is 1. The fourth-order valence-electron chi connectivity index (χ4n) is 4.98. The molecule has 0 saturated carbocycles. The molecule has 1 heterocycles. The Morgan fingerprint density at radius 2 is 2.17 bits per heavy atom. The van der Waals surface area contributed by atoms with Crippen LogP contribution in [-0.2, 0) is 11.2 Å². The number of nitriles is 1. The van der Waals surface area contributed by atoms with E-state index in [0.717, 1.165) is 31.2 Å². The van der Waals surface area contributed by atoms with Crippen LogP contribution in [0.1, 0.15) is 49.4 Å². The second-order valence-corrected chi connectivity index (χ2v) is 9.20. The number of carbonyl (C=O) groups is 1. The molecule has 3 aromatic rings. The Bertz CT molecular complexity index is 1230. The van der Waals surface area contributed by atoms with Gasteiger partial charge in [-0.05, 0) is 69.0 Å². The zero-order valence-corrected chi connectivity index (χ0v) is 20.4. The van der Waals surface area contributed by atoms with Gasteiger partial charge in [0.15, 0.2) is 0 Å². The molecule has 2 aromatic carbocycles. The van der Waals surface area contributed by atoms with Crippen LogP contribution in [0.15, 0.2) is 40.9 Å². The predicted octanol–water partition coefficient (Wildman–Crippen LogP) is 4.15. The van der Waals surface area contributed by atoms with Crippen LogP contribution in [0, 0.1) is 17.2 Å². The van der Waals surface area contributed by atoms with Gasteiger partial charge < -0.3 is 19.8 Å². The van der Waals surface area contributed by atoms with Crippen molar-refractivity contribution in [2.75, 3.05) is 20.1 Å². The molecule has 1 aliphatic rings. The van der Waals surface area contributed by atoms with Crippen LogP contribution in [0.3, 0.4) is 0 Å². The number of nitrogens with zero attached hydrogens (tertiary/aromatic N) is 4. The lowest BCUT2D eigenvalue weighted by atomic mass is 9.76. The summed E-state index contributed by atoms with van der Waals surface area (Å²) in [6.45, 7) is 5.13. The van der Waals surface area contributed by atoms with Crippen molar-refractivity contribution in [3.8, 4) is 34.7 Å². The predicted molar refractivity (Wildman–Crippen MR) is 133 cm³/mol. The van der Waals surface area contributed by atoms with Crippen LogP contribution in [-0.4, -0.2) is 47.6 Å². The molecule has 0 radical (unpaired) electrons. The van der Waals surface area contributed by atoms with E-state index >= 15 is 0 Å². The van der Waals surface area contributed by atoms with Crippen LogP contribution in [0.2, 0.25) is 0 Å². The number of benzene rings is 2. The van der Waals surface area contributed by atoms with Crippen molar-refractivity contribution < 1.29 is 14.1 Å². The van der Waals surface area contributed by atoms with Crippen molar-refractivity contribution in [3.05, 3.63) is 53.1 Å². The zero-order valence-electron chi connectivity index (χ0n) is 20.4. The van der Waals surface area contributed by atoms with Crippen LogP contribution >= 0.6 is 0 Å². The minimum absolute atomic E-state index is 0.0360. The Morgan fingerprint density at radius 3 is 2.89 bits per heavy atom. The molecular weight excluding hydrogens is 442 g/mol. The van der Waals surface area contributed by atoms with E-state index in [1.807, 2.05) is 32.0 Å². The average molecular weight is 474 g/mol. The zero-order chi connectivity index (χ0) is 24.9. The molecule has 35 heavy (non-hydrogen) atoms. The smallest absolute Gasteiger partial charge is 0.258 e. The minimum Gasteiger partial charge on any atom is -0.490 e. The van der Waals surface area contributed by atoms with Gasteiger partial charge in [-0.25, -0.2) is 0 Å². The molecule has 1 aromatic heterocycles. The molecule has 0 fully saturated rings. The molecule has 8 nitrogen and oxygen atoms in total. The van der Waals surface area contributed by atoms with Gasteiger partial charge in [-0.1, -0.05) is 23.4 Å². The van der Waals surface area contributed by atoms with Crippen LogP contribution < -0.4 is 10.5 Å². The average Bonchev–Trinajstić information content (AvgIpc) is 3.34. The van der Waals surface area contributed by atoms with Crippen molar-refractivity contribution in [2.24, 2.45) is 11.7 Å². The van der Waals surface area contributed by atoms with E-state index in [-0.39, 0.29) is 18.1 Å². The number of aldehydes is 1. The second-order valence-electron chi connectivity index (χ2n) is 9.20. The quantitative estimate of drug-likeness (QED) is 0.461. The first kappa shape index (κ1) is 24.6. The van der Waals surface area contributed by atoms with Gasteiger partial charge in [-0.3, -0.25) is 4.90 Å². The van der Waals surface area contributed by atoms with Crippen LogP contribution in [0.25, 0.3) is 22.8 Å². The highest BCUT2D eigenvalue weighted by atomic mass is 16.5. The number of fused-ring (bicyclic) bond motifs is 1. The Balaban J connectivity index is 1.69. The normalized spacial score (nSPS) is 17.3. The number of likely N-dealkylation sites (N-methyl/N-ethyl adjacent to an activating group) is 1. The molecule has 4 rings (SSSR count). The van der Waals surface area contributed by atoms with Gasteiger partial charge in [-0.2, -0.15) is 10.2 Å². The summed E-state index contributed by atoms with van der Waals surface area (Å²) in [6.07, 6.45) is 3.23. The van der Waals surface area contributed by atoms with Gasteiger partial charge in [0.2, 0.25) is 5.82 Å². The van der Waals surface area contributed by atoms with E-state index in [9.17, 15) is 10.1 Å². The number of nitrogens with two attached hydrogens (primary N) is 1. The lowest BCUT2D eigenvalue weighted by Gasteiger charge is -2.39. The summed E-state index contributed by atoms with van der Waals surface area (Å²) in [5.74, 6) is 1.62. The lowest BCUT2D eigenvalue weighted by molar-refractivity contribution is -0.109. The van der Waals surface area contributed by atoms with Gasteiger partial charge >= 0.3 is 0 Å². The maximum Gasteiger partial charge on any atom is 0.258 e. The second kappa shape index (κ2) is 10.8. The van der Waals surface area contributed by atoms with Gasteiger partial charge in [0.25, 0.3) is 5.89 Å². The molecule has 0 aliphatic heterocycles.